The first kappa shape index (κ1) is 19.1. The number of benzene rings is 1. The van der Waals surface area contributed by atoms with E-state index >= 15 is 0 Å². The lowest BCUT2D eigenvalue weighted by Crippen LogP contribution is -2.59. The van der Waals surface area contributed by atoms with E-state index in [-0.39, 0.29) is 23.4 Å². The summed E-state index contributed by atoms with van der Waals surface area (Å²) in [5.74, 6) is -0.121. The molecule has 1 spiro atoms. The fraction of sp³-hybridized carbons (Fsp3) is 0.429. The van der Waals surface area contributed by atoms with Crippen molar-refractivity contribution < 1.29 is 9.59 Å². The Morgan fingerprint density at radius 3 is 2.73 bits per heavy atom. The average Bonchev–Trinajstić information content (AvgIpc) is 3.35. The Morgan fingerprint density at radius 1 is 1.23 bits per heavy atom. The molecule has 1 saturated heterocycles. The molecule has 2 aliphatic rings. The van der Waals surface area contributed by atoms with Gasteiger partial charge in [-0.1, -0.05) is 11.6 Å². The molecule has 1 fully saturated rings. The number of nitrogens with one attached hydrogen (secondary N) is 2. The van der Waals surface area contributed by atoms with Gasteiger partial charge in [-0.2, -0.15) is 10.2 Å². The second kappa shape index (κ2) is 6.84. The molecule has 2 N–H and O–H groups in total. The van der Waals surface area contributed by atoms with Gasteiger partial charge in [-0.3, -0.25) is 19.4 Å². The van der Waals surface area contributed by atoms with Crippen molar-refractivity contribution in [1.82, 2.24) is 30.2 Å². The lowest BCUT2D eigenvalue weighted by molar-refractivity contribution is 0.0603. The minimum atomic E-state index is -0.322. The Morgan fingerprint density at radius 2 is 2.00 bits per heavy atom. The molecule has 3 aromatic rings. The number of halogens is 1. The Kier molecular flexibility index (Phi) is 4.36. The molecule has 9 heteroatoms. The molecule has 2 aliphatic heterocycles. The number of carbonyl (C=O) groups is 2. The van der Waals surface area contributed by atoms with Gasteiger partial charge in [-0.15, -0.1) is 0 Å². The van der Waals surface area contributed by atoms with Crippen LogP contribution in [0.25, 0.3) is 10.9 Å². The summed E-state index contributed by atoms with van der Waals surface area (Å²) in [5, 5.41) is 15.8. The minimum absolute atomic E-state index is 0.0506. The molecule has 0 atom stereocenters. The molecule has 2 amide bonds. The van der Waals surface area contributed by atoms with Crippen LogP contribution in [0.4, 0.5) is 0 Å². The van der Waals surface area contributed by atoms with Gasteiger partial charge in [0.05, 0.1) is 22.9 Å². The summed E-state index contributed by atoms with van der Waals surface area (Å²) in [6.07, 6.45) is 5.64. The fourth-order valence-electron chi connectivity index (χ4n) is 4.64. The highest BCUT2D eigenvalue weighted by Crippen LogP contribution is 2.33. The van der Waals surface area contributed by atoms with E-state index in [2.05, 4.69) is 20.6 Å². The van der Waals surface area contributed by atoms with Gasteiger partial charge in [0.2, 0.25) is 0 Å². The summed E-state index contributed by atoms with van der Waals surface area (Å²) < 4.78 is 1.78. The van der Waals surface area contributed by atoms with Crippen LogP contribution in [0.3, 0.4) is 0 Å². The quantitative estimate of drug-likeness (QED) is 0.658. The van der Waals surface area contributed by atoms with E-state index in [1.165, 1.54) is 0 Å². The molecular formula is C21H23ClN6O2. The van der Waals surface area contributed by atoms with Crippen LogP contribution in [0.15, 0.2) is 24.5 Å². The highest BCUT2D eigenvalue weighted by molar-refractivity contribution is 6.35. The van der Waals surface area contributed by atoms with Crippen molar-refractivity contribution in [2.75, 3.05) is 13.1 Å². The van der Waals surface area contributed by atoms with Gasteiger partial charge < -0.3 is 10.2 Å². The van der Waals surface area contributed by atoms with E-state index in [1.54, 1.807) is 16.9 Å². The Bertz CT molecular complexity index is 1160. The second-order valence-corrected chi connectivity index (χ2v) is 8.96. The lowest BCUT2D eigenvalue weighted by atomic mass is 9.79. The summed E-state index contributed by atoms with van der Waals surface area (Å²) in [6.45, 7) is 5.19. The number of likely N-dealkylation sites (tertiary alicyclic amines) is 1. The van der Waals surface area contributed by atoms with Crippen LogP contribution in [-0.2, 0) is 6.42 Å². The zero-order chi connectivity index (χ0) is 21.0. The molecule has 0 saturated carbocycles. The van der Waals surface area contributed by atoms with Gasteiger partial charge >= 0.3 is 0 Å². The van der Waals surface area contributed by atoms with Crippen molar-refractivity contribution >= 4 is 34.3 Å². The third-order valence-corrected chi connectivity index (χ3v) is 6.54. The molecule has 0 aliphatic carbocycles. The fourth-order valence-corrected chi connectivity index (χ4v) is 4.91. The average molecular weight is 427 g/mol. The van der Waals surface area contributed by atoms with Crippen molar-refractivity contribution in [1.29, 1.82) is 0 Å². The molecule has 30 heavy (non-hydrogen) atoms. The van der Waals surface area contributed by atoms with Crippen molar-refractivity contribution in [3.63, 3.8) is 0 Å². The van der Waals surface area contributed by atoms with E-state index in [0.717, 1.165) is 22.9 Å². The molecule has 1 aromatic carbocycles. The monoisotopic (exact) mass is 426 g/mol. The topological polar surface area (TPSA) is 95.9 Å². The van der Waals surface area contributed by atoms with Gasteiger partial charge in [0.1, 0.15) is 5.69 Å². The first-order valence-corrected chi connectivity index (χ1v) is 10.6. The van der Waals surface area contributed by atoms with Crippen molar-refractivity contribution in [3.8, 4) is 0 Å². The SMILES string of the molecule is CC(C)n1ncc2c1C(=O)NC1(CCN(C(=O)c3cc(Cl)c4[nH]ncc4c3)CC1)C2. The molecular weight excluding hydrogens is 404 g/mol. The van der Waals surface area contributed by atoms with Crippen molar-refractivity contribution in [2.45, 2.75) is 44.7 Å². The van der Waals surface area contributed by atoms with Crippen molar-refractivity contribution in [2.24, 2.45) is 0 Å². The Labute approximate surface area is 178 Å². The third kappa shape index (κ3) is 2.98. The first-order chi connectivity index (χ1) is 14.4. The Hall–Kier alpha value is -2.87. The number of carbonyl (C=O) groups excluding carboxylic acids is 2. The van der Waals surface area contributed by atoms with E-state index in [9.17, 15) is 9.59 Å². The highest BCUT2D eigenvalue weighted by atomic mass is 35.5. The van der Waals surface area contributed by atoms with E-state index in [1.807, 2.05) is 31.0 Å². The molecule has 156 valence electrons. The predicted octanol–water partition coefficient (Wildman–Crippen LogP) is 2.95. The number of aromatic nitrogens is 4. The normalized spacial score (nSPS) is 18.1. The summed E-state index contributed by atoms with van der Waals surface area (Å²) in [5.41, 5.74) is 2.62. The zero-order valence-corrected chi connectivity index (χ0v) is 17.7. The number of piperidine rings is 1. The summed E-state index contributed by atoms with van der Waals surface area (Å²) in [7, 11) is 0. The molecule has 4 heterocycles. The standard InChI is InChI=1S/C21H23ClN6O2/c1-12(2)28-18-15(11-24-28)9-21(25-19(18)29)3-5-27(6-4-21)20(30)13-7-14-10-23-26-17(14)16(22)8-13/h7-8,10-12H,3-6,9H2,1-2H3,(H,23,26)(H,25,29). The van der Waals surface area contributed by atoms with Crippen LogP contribution in [0.2, 0.25) is 5.02 Å². The minimum Gasteiger partial charge on any atom is -0.345 e. The summed E-state index contributed by atoms with van der Waals surface area (Å²) >= 11 is 6.29. The van der Waals surface area contributed by atoms with Crippen LogP contribution < -0.4 is 5.32 Å². The summed E-state index contributed by atoms with van der Waals surface area (Å²) in [4.78, 5) is 27.7. The largest absolute Gasteiger partial charge is 0.345 e. The number of rotatable bonds is 2. The van der Waals surface area contributed by atoms with Gasteiger partial charge in [-0.05, 0) is 45.2 Å². The number of amides is 2. The van der Waals surface area contributed by atoms with Crippen LogP contribution in [0.1, 0.15) is 59.1 Å². The third-order valence-electron chi connectivity index (χ3n) is 6.24. The number of nitrogens with zero attached hydrogens (tertiary/aromatic N) is 4. The maximum atomic E-state index is 13.1. The number of H-pyrrole nitrogens is 1. The number of hydrogen-bond donors (Lipinski definition) is 2. The summed E-state index contributed by atoms with van der Waals surface area (Å²) in [6, 6.07) is 3.63. The first-order valence-electron chi connectivity index (χ1n) is 10.2. The Balaban J connectivity index is 1.33. The molecule has 0 radical (unpaired) electrons. The van der Waals surface area contributed by atoms with Crippen LogP contribution in [-0.4, -0.2) is 55.3 Å². The van der Waals surface area contributed by atoms with Crippen LogP contribution in [0, 0.1) is 0 Å². The van der Waals surface area contributed by atoms with Crippen LogP contribution >= 0.6 is 11.6 Å². The maximum absolute atomic E-state index is 13.1. The predicted molar refractivity (Wildman–Crippen MR) is 113 cm³/mol. The van der Waals surface area contributed by atoms with Gasteiger partial charge in [0, 0.05) is 41.2 Å². The van der Waals surface area contributed by atoms with E-state index < -0.39 is 0 Å². The molecule has 2 aromatic heterocycles. The van der Waals surface area contributed by atoms with E-state index in [4.69, 9.17) is 11.6 Å². The maximum Gasteiger partial charge on any atom is 0.270 e. The number of aromatic amines is 1. The number of fused-ring (bicyclic) bond motifs is 2. The van der Waals surface area contributed by atoms with Gasteiger partial charge in [0.15, 0.2) is 0 Å². The molecule has 8 nitrogen and oxygen atoms in total. The van der Waals surface area contributed by atoms with E-state index in [0.29, 0.717) is 42.2 Å². The van der Waals surface area contributed by atoms with Crippen LogP contribution in [0.5, 0.6) is 0 Å². The van der Waals surface area contributed by atoms with Crippen molar-refractivity contribution in [3.05, 3.63) is 46.4 Å². The number of hydrogen-bond acceptors (Lipinski definition) is 4. The van der Waals surface area contributed by atoms with Gasteiger partial charge in [-0.25, -0.2) is 0 Å². The molecule has 5 rings (SSSR count). The molecule has 0 unspecified atom stereocenters. The highest BCUT2D eigenvalue weighted by Gasteiger charge is 2.43. The van der Waals surface area contributed by atoms with Gasteiger partial charge in [0.25, 0.3) is 11.8 Å². The second-order valence-electron chi connectivity index (χ2n) is 8.55. The lowest BCUT2D eigenvalue weighted by Gasteiger charge is -2.44. The zero-order valence-electron chi connectivity index (χ0n) is 16.9. The molecule has 0 bridgehead atoms. The smallest absolute Gasteiger partial charge is 0.270 e.